The van der Waals surface area contributed by atoms with Crippen molar-refractivity contribution in [2.24, 2.45) is 5.73 Å². The van der Waals surface area contributed by atoms with Gasteiger partial charge in [0.25, 0.3) is 0 Å². The normalized spacial score (nSPS) is 13.0. The third kappa shape index (κ3) is 5.11. The van der Waals surface area contributed by atoms with Crippen LogP contribution in [0.2, 0.25) is 0 Å². The third-order valence-electron chi connectivity index (χ3n) is 3.03. The van der Waals surface area contributed by atoms with Crippen molar-refractivity contribution in [3.05, 3.63) is 60.2 Å². The van der Waals surface area contributed by atoms with Gasteiger partial charge in [-0.1, -0.05) is 30.3 Å². The van der Waals surface area contributed by atoms with Gasteiger partial charge in [-0.3, -0.25) is 0 Å². The first-order valence-electron chi connectivity index (χ1n) is 6.59. The molecule has 0 aliphatic rings. The molecule has 0 spiro atoms. The van der Waals surface area contributed by atoms with Gasteiger partial charge in [0.2, 0.25) is 0 Å². The van der Waals surface area contributed by atoms with Crippen LogP contribution in [0.15, 0.2) is 54.6 Å². The molecule has 0 amide bonds. The van der Waals surface area contributed by atoms with E-state index in [2.05, 4.69) is 0 Å². The molecule has 0 saturated heterocycles. The number of rotatable bonds is 5. The van der Waals surface area contributed by atoms with Crippen molar-refractivity contribution in [3.63, 3.8) is 0 Å². The number of benzene rings is 2. The highest BCUT2D eigenvalue weighted by atomic mass is 19.4. The third-order valence-corrected chi connectivity index (χ3v) is 3.03. The number of ether oxygens (including phenoxy) is 1. The molecule has 0 unspecified atom stereocenters. The predicted molar refractivity (Wildman–Crippen MR) is 75.2 cm³/mol. The maximum atomic E-state index is 12.2. The Labute approximate surface area is 121 Å². The van der Waals surface area contributed by atoms with E-state index in [0.717, 1.165) is 0 Å². The van der Waals surface area contributed by atoms with E-state index in [1.54, 1.807) is 24.3 Å². The van der Waals surface area contributed by atoms with E-state index >= 15 is 0 Å². The quantitative estimate of drug-likeness (QED) is 0.858. The number of halogens is 3. The van der Waals surface area contributed by atoms with E-state index in [-0.39, 0.29) is 6.42 Å². The lowest BCUT2D eigenvalue weighted by Gasteiger charge is -2.14. The number of hydrogen-bond acceptors (Lipinski definition) is 2. The number of para-hydroxylation sites is 1. The molecule has 21 heavy (non-hydrogen) atoms. The second kappa shape index (κ2) is 6.63. The number of hydrogen-bond donors (Lipinski definition) is 1. The Kier molecular flexibility index (Phi) is 4.85. The summed E-state index contributed by atoms with van der Waals surface area (Å²) in [4.78, 5) is 0. The van der Waals surface area contributed by atoms with Gasteiger partial charge in [0.1, 0.15) is 11.5 Å². The van der Waals surface area contributed by atoms with Gasteiger partial charge >= 0.3 is 6.18 Å². The second-order valence-corrected chi connectivity index (χ2v) is 4.74. The van der Waals surface area contributed by atoms with Gasteiger partial charge in [-0.15, -0.1) is 0 Å². The second-order valence-electron chi connectivity index (χ2n) is 4.74. The Morgan fingerprint density at radius 3 is 2.05 bits per heavy atom. The maximum Gasteiger partial charge on any atom is 0.389 e. The van der Waals surface area contributed by atoms with E-state index in [0.29, 0.717) is 17.1 Å². The van der Waals surface area contributed by atoms with Crippen molar-refractivity contribution in [3.8, 4) is 11.5 Å². The van der Waals surface area contributed by atoms with Gasteiger partial charge < -0.3 is 10.5 Å². The minimum atomic E-state index is -4.17. The van der Waals surface area contributed by atoms with Crippen LogP contribution in [-0.4, -0.2) is 6.18 Å². The molecule has 0 radical (unpaired) electrons. The van der Waals surface area contributed by atoms with Crippen LogP contribution in [-0.2, 0) is 0 Å². The van der Waals surface area contributed by atoms with E-state index < -0.39 is 18.6 Å². The first-order valence-corrected chi connectivity index (χ1v) is 6.59. The lowest BCUT2D eigenvalue weighted by atomic mass is 10.0. The average molecular weight is 295 g/mol. The van der Waals surface area contributed by atoms with E-state index in [4.69, 9.17) is 10.5 Å². The van der Waals surface area contributed by atoms with Crippen molar-refractivity contribution in [1.29, 1.82) is 0 Å². The molecule has 0 aliphatic carbocycles. The summed E-state index contributed by atoms with van der Waals surface area (Å²) in [5, 5.41) is 0. The molecule has 5 heteroatoms. The van der Waals surface area contributed by atoms with E-state index in [9.17, 15) is 13.2 Å². The summed E-state index contributed by atoms with van der Waals surface area (Å²) in [6.07, 6.45) is -5.17. The Morgan fingerprint density at radius 1 is 0.905 bits per heavy atom. The van der Waals surface area contributed by atoms with Crippen LogP contribution in [0.25, 0.3) is 0 Å². The van der Waals surface area contributed by atoms with Gasteiger partial charge in [0, 0.05) is 12.5 Å². The Balaban J connectivity index is 1.95. The van der Waals surface area contributed by atoms with Crippen LogP contribution in [0.1, 0.15) is 24.4 Å². The zero-order chi connectivity index (χ0) is 15.3. The van der Waals surface area contributed by atoms with Crippen molar-refractivity contribution in [1.82, 2.24) is 0 Å². The van der Waals surface area contributed by atoms with Crippen molar-refractivity contribution in [2.75, 3.05) is 0 Å². The van der Waals surface area contributed by atoms with Crippen LogP contribution >= 0.6 is 0 Å². The van der Waals surface area contributed by atoms with E-state index in [1.165, 1.54) is 0 Å². The molecule has 2 nitrogen and oxygen atoms in total. The maximum absolute atomic E-state index is 12.2. The summed E-state index contributed by atoms with van der Waals surface area (Å²) < 4.78 is 42.1. The largest absolute Gasteiger partial charge is 0.457 e. The molecule has 2 rings (SSSR count). The molecular formula is C16H16F3NO. The minimum Gasteiger partial charge on any atom is -0.457 e. The highest BCUT2D eigenvalue weighted by Crippen LogP contribution is 2.28. The average Bonchev–Trinajstić information content (AvgIpc) is 2.46. The topological polar surface area (TPSA) is 35.2 Å². The van der Waals surface area contributed by atoms with Crippen molar-refractivity contribution >= 4 is 0 Å². The molecule has 0 aromatic heterocycles. The SMILES string of the molecule is N[C@@H](CCC(F)(F)F)c1ccc(Oc2ccccc2)cc1. The standard InChI is InChI=1S/C16H16F3NO/c17-16(18,19)11-10-15(20)12-6-8-14(9-7-12)21-13-4-2-1-3-5-13/h1-9,15H,10-11,20H2/t15-/m0/s1. The molecule has 0 fully saturated rings. The van der Waals surface area contributed by atoms with Gasteiger partial charge in [-0.05, 0) is 36.2 Å². The summed E-state index contributed by atoms with van der Waals surface area (Å²) in [6.45, 7) is 0. The fourth-order valence-electron chi connectivity index (χ4n) is 1.89. The van der Waals surface area contributed by atoms with Crippen LogP contribution in [0.3, 0.4) is 0 Å². The molecule has 2 aromatic rings. The van der Waals surface area contributed by atoms with Crippen LogP contribution in [0.5, 0.6) is 11.5 Å². The lowest BCUT2D eigenvalue weighted by Crippen LogP contribution is -2.15. The lowest BCUT2D eigenvalue weighted by molar-refractivity contribution is -0.136. The first kappa shape index (κ1) is 15.4. The van der Waals surface area contributed by atoms with Crippen LogP contribution < -0.4 is 10.5 Å². The monoisotopic (exact) mass is 295 g/mol. The van der Waals surface area contributed by atoms with Gasteiger partial charge in [0.05, 0.1) is 0 Å². The van der Waals surface area contributed by atoms with Gasteiger partial charge in [-0.25, -0.2) is 0 Å². The first-order chi connectivity index (χ1) is 9.94. The zero-order valence-electron chi connectivity index (χ0n) is 11.3. The molecule has 2 aromatic carbocycles. The molecule has 2 N–H and O–H groups in total. The van der Waals surface area contributed by atoms with Crippen molar-refractivity contribution in [2.45, 2.75) is 25.1 Å². The van der Waals surface area contributed by atoms with Crippen LogP contribution in [0.4, 0.5) is 13.2 Å². The zero-order valence-corrected chi connectivity index (χ0v) is 11.3. The molecule has 112 valence electrons. The Morgan fingerprint density at radius 2 is 1.48 bits per heavy atom. The molecule has 0 heterocycles. The van der Waals surface area contributed by atoms with Gasteiger partial charge in [-0.2, -0.15) is 13.2 Å². The van der Waals surface area contributed by atoms with Gasteiger partial charge in [0.15, 0.2) is 0 Å². The fraction of sp³-hybridized carbons (Fsp3) is 0.250. The summed E-state index contributed by atoms with van der Waals surface area (Å²) >= 11 is 0. The van der Waals surface area contributed by atoms with Crippen molar-refractivity contribution < 1.29 is 17.9 Å². The Hall–Kier alpha value is -2.01. The minimum absolute atomic E-state index is 0.123. The van der Waals surface area contributed by atoms with Crippen LogP contribution in [0, 0.1) is 0 Å². The predicted octanol–water partition coefficient (Wildman–Crippen LogP) is 4.82. The summed E-state index contributed by atoms with van der Waals surface area (Å²) in [6, 6.07) is 15.4. The molecule has 0 saturated carbocycles. The summed E-state index contributed by atoms with van der Waals surface area (Å²) in [5.41, 5.74) is 6.43. The summed E-state index contributed by atoms with van der Waals surface area (Å²) in [5.74, 6) is 1.32. The molecular weight excluding hydrogens is 279 g/mol. The number of nitrogens with two attached hydrogens (primary N) is 1. The van der Waals surface area contributed by atoms with E-state index in [1.807, 2.05) is 30.3 Å². The smallest absolute Gasteiger partial charge is 0.389 e. The fourth-order valence-corrected chi connectivity index (χ4v) is 1.89. The number of alkyl halides is 3. The highest BCUT2D eigenvalue weighted by molar-refractivity contribution is 5.33. The summed E-state index contributed by atoms with van der Waals surface area (Å²) in [7, 11) is 0. The Bertz CT molecular complexity index is 552. The molecule has 0 bridgehead atoms. The molecule has 0 aliphatic heterocycles. The molecule has 1 atom stereocenters. The highest BCUT2D eigenvalue weighted by Gasteiger charge is 2.27.